The fourth-order valence-electron chi connectivity index (χ4n) is 3.37. The molecule has 29 heavy (non-hydrogen) atoms. The minimum Gasteiger partial charge on any atom is -0.353 e. The van der Waals surface area contributed by atoms with Crippen LogP contribution in [0.5, 0.6) is 0 Å². The molecule has 3 aromatic rings. The average Bonchev–Trinajstić information content (AvgIpc) is 3.39. The van der Waals surface area contributed by atoms with Gasteiger partial charge < -0.3 is 5.32 Å². The van der Waals surface area contributed by atoms with E-state index in [2.05, 4.69) is 20.5 Å². The van der Waals surface area contributed by atoms with Gasteiger partial charge in [-0.1, -0.05) is 47.8 Å². The molecule has 0 saturated heterocycles. The number of hydrogen-bond donors (Lipinski definition) is 1. The van der Waals surface area contributed by atoms with Crippen LogP contribution in [0.15, 0.2) is 47.9 Å². The van der Waals surface area contributed by atoms with Crippen molar-refractivity contribution in [3.8, 4) is 17.1 Å². The van der Waals surface area contributed by atoms with Gasteiger partial charge in [-0.05, 0) is 43.2 Å². The number of carbonyl (C=O) groups is 1. The Kier molecular flexibility index (Phi) is 6.37. The Morgan fingerprint density at radius 3 is 2.72 bits per heavy atom. The van der Waals surface area contributed by atoms with Gasteiger partial charge in [0.1, 0.15) is 0 Å². The molecular formula is C20H19Cl2N5OS. The lowest BCUT2D eigenvalue weighted by Gasteiger charge is -2.13. The van der Waals surface area contributed by atoms with Crippen molar-refractivity contribution in [2.75, 3.05) is 5.75 Å². The van der Waals surface area contributed by atoms with Gasteiger partial charge in [-0.15, -0.1) is 10.2 Å². The number of rotatable bonds is 6. The SMILES string of the molecule is O=C(CSc1nnc(-c2cccnc2)n1-c1ccc(Cl)c(Cl)c1)NC1CCCC1. The zero-order chi connectivity index (χ0) is 20.2. The highest BCUT2D eigenvalue weighted by atomic mass is 35.5. The Balaban J connectivity index is 1.62. The molecular weight excluding hydrogens is 429 g/mol. The monoisotopic (exact) mass is 447 g/mol. The second-order valence-corrected chi connectivity index (χ2v) is 8.58. The summed E-state index contributed by atoms with van der Waals surface area (Å²) in [4.78, 5) is 16.5. The summed E-state index contributed by atoms with van der Waals surface area (Å²) < 4.78 is 1.87. The Labute approximate surface area is 183 Å². The molecule has 0 spiro atoms. The van der Waals surface area contributed by atoms with Crippen molar-refractivity contribution in [3.05, 3.63) is 52.8 Å². The van der Waals surface area contributed by atoms with E-state index in [0.717, 1.165) is 24.1 Å². The molecule has 6 nitrogen and oxygen atoms in total. The molecule has 0 atom stereocenters. The first kappa shape index (κ1) is 20.2. The van der Waals surface area contributed by atoms with Crippen molar-refractivity contribution in [2.24, 2.45) is 0 Å². The van der Waals surface area contributed by atoms with Gasteiger partial charge in [-0.2, -0.15) is 0 Å². The van der Waals surface area contributed by atoms with Crippen molar-refractivity contribution in [1.29, 1.82) is 0 Å². The van der Waals surface area contributed by atoms with Gasteiger partial charge in [0.2, 0.25) is 5.91 Å². The molecule has 2 heterocycles. The second-order valence-electron chi connectivity index (χ2n) is 6.82. The molecule has 1 N–H and O–H groups in total. The minimum absolute atomic E-state index is 0.00789. The summed E-state index contributed by atoms with van der Waals surface area (Å²) in [6.07, 6.45) is 7.89. The number of nitrogens with one attached hydrogen (secondary N) is 1. The summed E-state index contributed by atoms with van der Waals surface area (Å²) in [5, 5.41) is 13.3. The minimum atomic E-state index is 0.00789. The molecule has 4 rings (SSSR count). The maximum absolute atomic E-state index is 12.4. The van der Waals surface area contributed by atoms with Gasteiger partial charge in [0.05, 0.1) is 21.5 Å². The van der Waals surface area contributed by atoms with E-state index in [1.807, 2.05) is 22.8 Å². The van der Waals surface area contributed by atoms with E-state index in [9.17, 15) is 4.79 Å². The summed E-state index contributed by atoms with van der Waals surface area (Å²) >= 11 is 13.7. The lowest BCUT2D eigenvalue weighted by molar-refractivity contribution is -0.119. The summed E-state index contributed by atoms with van der Waals surface area (Å²) in [5.74, 6) is 0.895. The molecule has 1 fully saturated rings. The maximum atomic E-state index is 12.4. The first-order valence-electron chi connectivity index (χ1n) is 9.35. The largest absolute Gasteiger partial charge is 0.353 e. The number of amides is 1. The number of nitrogens with zero attached hydrogens (tertiary/aromatic N) is 4. The predicted octanol–water partition coefficient (Wildman–Crippen LogP) is 4.79. The fourth-order valence-corrected chi connectivity index (χ4v) is 4.43. The highest BCUT2D eigenvalue weighted by molar-refractivity contribution is 7.99. The van der Waals surface area contributed by atoms with Gasteiger partial charge in [-0.3, -0.25) is 14.3 Å². The molecule has 1 amide bonds. The number of aromatic nitrogens is 4. The molecule has 9 heteroatoms. The number of benzene rings is 1. The Bertz CT molecular complexity index is 1010. The zero-order valence-corrected chi connectivity index (χ0v) is 17.8. The highest BCUT2D eigenvalue weighted by Crippen LogP contribution is 2.31. The number of carbonyl (C=O) groups excluding carboxylic acids is 1. The van der Waals surface area contributed by atoms with Crippen LogP contribution < -0.4 is 5.32 Å². The van der Waals surface area contributed by atoms with Crippen LogP contribution in [0.2, 0.25) is 10.0 Å². The van der Waals surface area contributed by atoms with Crippen LogP contribution in [0.25, 0.3) is 17.1 Å². The average molecular weight is 448 g/mol. The van der Waals surface area contributed by atoms with Crippen LogP contribution in [0, 0.1) is 0 Å². The Morgan fingerprint density at radius 1 is 1.17 bits per heavy atom. The fraction of sp³-hybridized carbons (Fsp3) is 0.300. The number of hydrogen-bond acceptors (Lipinski definition) is 5. The van der Waals surface area contributed by atoms with E-state index in [1.54, 1.807) is 24.5 Å². The van der Waals surface area contributed by atoms with Gasteiger partial charge in [0.25, 0.3) is 0 Å². The van der Waals surface area contributed by atoms with E-state index in [0.29, 0.717) is 27.1 Å². The van der Waals surface area contributed by atoms with Gasteiger partial charge in [0, 0.05) is 24.0 Å². The normalized spacial score (nSPS) is 14.3. The smallest absolute Gasteiger partial charge is 0.230 e. The summed E-state index contributed by atoms with van der Waals surface area (Å²) in [6, 6.07) is 9.38. The second kappa shape index (κ2) is 9.15. The lowest BCUT2D eigenvalue weighted by atomic mass is 10.2. The van der Waals surface area contributed by atoms with E-state index in [1.165, 1.54) is 24.6 Å². The molecule has 0 radical (unpaired) electrons. The lowest BCUT2D eigenvalue weighted by Crippen LogP contribution is -2.33. The highest BCUT2D eigenvalue weighted by Gasteiger charge is 2.20. The van der Waals surface area contributed by atoms with E-state index in [4.69, 9.17) is 23.2 Å². The van der Waals surface area contributed by atoms with Crippen molar-refractivity contribution < 1.29 is 4.79 Å². The maximum Gasteiger partial charge on any atom is 0.230 e. The van der Waals surface area contributed by atoms with Crippen LogP contribution in [0.3, 0.4) is 0 Å². The molecule has 1 aliphatic carbocycles. The summed E-state index contributed by atoms with van der Waals surface area (Å²) in [5.41, 5.74) is 1.58. The van der Waals surface area contributed by atoms with Crippen LogP contribution in [0.1, 0.15) is 25.7 Å². The summed E-state index contributed by atoms with van der Waals surface area (Å²) in [7, 11) is 0. The van der Waals surface area contributed by atoms with Crippen molar-refractivity contribution in [3.63, 3.8) is 0 Å². The Morgan fingerprint density at radius 2 is 2.00 bits per heavy atom. The molecule has 2 aromatic heterocycles. The molecule has 150 valence electrons. The topological polar surface area (TPSA) is 72.7 Å². The number of thioether (sulfide) groups is 1. The van der Waals surface area contributed by atoms with Crippen LogP contribution in [-0.2, 0) is 4.79 Å². The van der Waals surface area contributed by atoms with Crippen molar-refractivity contribution >= 4 is 40.9 Å². The molecule has 0 bridgehead atoms. The van der Waals surface area contributed by atoms with Crippen molar-refractivity contribution in [2.45, 2.75) is 36.9 Å². The molecule has 0 unspecified atom stereocenters. The first-order valence-corrected chi connectivity index (χ1v) is 11.1. The zero-order valence-electron chi connectivity index (χ0n) is 15.5. The predicted molar refractivity (Wildman–Crippen MR) is 116 cm³/mol. The van der Waals surface area contributed by atoms with Gasteiger partial charge in [-0.25, -0.2) is 0 Å². The van der Waals surface area contributed by atoms with Crippen molar-refractivity contribution in [1.82, 2.24) is 25.1 Å². The van der Waals surface area contributed by atoms with E-state index >= 15 is 0 Å². The molecule has 0 aliphatic heterocycles. The quantitative estimate of drug-likeness (QED) is 0.549. The third kappa shape index (κ3) is 4.74. The Hall–Kier alpha value is -2.09. The van der Waals surface area contributed by atoms with Crippen LogP contribution in [-0.4, -0.2) is 37.5 Å². The van der Waals surface area contributed by atoms with Crippen LogP contribution in [0.4, 0.5) is 0 Å². The molecule has 1 saturated carbocycles. The van der Waals surface area contributed by atoms with E-state index < -0.39 is 0 Å². The summed E-state index contributed by atoms with van der Waals surface area (Å²) in [6.45, 7) is 0. The van der Waals surface area contributed by atoms with Gasteiger partial charge in [0.15, 0.2) is 11.0 Å². The number of halogens is 2. The third-order valence-corrected chi connectivity index (χ3v) is 6.44. The van der Waals surface area contributed by atoms with E-state index in [-0.39, 0.29) is 11.7 Å². The molecule has 1 aromatic carbocycles. The third-order valence-electron chi connectivity index (χ3n) is 4.77. The molecule has 1 aliphatic rings. The van der Waals surface area contributed by atoms with Gasteiger partial charge >= 0.3 is 0 Å². The van der Waals surface area contributed by atoms with Crippen LogP contribution >= 0.6 is 35.0 Å². The number of pyridine rings is 1. The first-order chi connectivity index (χ1) is 14.1. The standard InChI is InChI=1S/C20H19Cl2N5OS/c21-16-8-7-15(10-17(16)22)27-19(13-4-3-9-23-11-13)25-26-20(27)29-12-18(28)24-14-5-1-2-6-14/h3-4,7-11,14H,1-2,5-6,12H2,(H,24,28).